The largest absolute Gasteiger partial charge is 0.478 e. The van der Waals surface area contributed by atoms with Crippen molar-refractivity contribution in [3.05, 3.63) is 118 Å². The molecule has 0 aromatic heterocycles. The number of benzene rings is 4. The first-order valence-electron chi connectivity index (χ1n) is 11.7. The lowest BCUT2D eigenvalue weighted by atomic mass is 9.95. The van der Waals surface area contributed by atoms with Gasteiger partial charge in [0.2, 0.25) is 0 Å². The Balaban J connectivity index is 1.67. The van der Waals surface area contributed by atoms with Gasteiger partial charge in [0.25, 0.3) is 11.8 Å². The number of carboxylic acid groups (broad SMARTS) is 2. The van der Waals surface area contributed by atoms with Crippen LogP contribution in [0, 0.1) is 24.7 Å². The fourth-order valence-electron chi connectivity index (χ4n) is 3.89. The molecule has 0 unspecified atom stereocenters. The molecule has 0 saturated carbocycles. The monoisotopic (exact) mass is 528 g/mol. The molecule has 0 aliphatic heterocycles. The quantitative estimate of drug-likeness (QED) is 0.243. The molecule has 8 heteroatoms. The molecule has 40 heavy (non-hydrogen) atoms. The maximum atomic E-state index is 13.0. The smallest absolute Gasteiger partial charge is 0.336 e. The van der Waals surface area contributed by atoms with E-state index in [0.29, 0.717) is 33.6 Å². The molecular weight excluding hydrogens is 508 g/mol. The van der Waals surface area contributed by atoms with Crippen LogP contribution < -0.4 is 10.6 Å². The van der Waals surface area contributed by atoms with Crippen LogP contribution in [0.4, 0.5) is 11.4 Å². The first-order chi connectivity index (χ1) is 19.2. The molecule has 4 aromatic carbocycles. The lowest BCUT2D eigenvalue weighted by molar-refractivity contribution is 0.0683. The SMILES string of the molecule is C#Cc1ccc(NC(=O)c2ccc(-c3ccc(C(=O)O)c(C(=O)Nc4ccc(C#C)cc4)c3)cc2C(=O)O)cc1. The van der Waals surface area contributed by atoms with Gasteiger partial charge in [-0.3, -0.25) is 9.59 Å². The summed E-state index contributed by atoms with van der Waals surface area (Å²) in [5, 5.41) is 24.7. The number of carbonyl (C=O) groups excluding carboxylic acids is 2. The Bertz CT molecular complexity index is 1740. The van der Waals surface area contributed by atoms with Gasteiger partial charge in [0.15, 0.2) is 0 Å². The maximum absolute atomic E-state index is 13.0. The third-order valence-corrected chi connectivity index (χ3v) is 5.94. The number of hydrogen-bond acceptors (Lipinski definition) is 4. The van der Waals surface area contributed by atoms with Crippen molar-refractivity contribution in [3.8, 4) is 35.8 Å². The first-order valence-corrected chi connectivity index (χ1v) is 11.7. The minimum atomic E-state index is -1.34. The van der Waals surface area contributed by atoms with E-state index in [0.717, 1.165) is 0 Å². The van der Waals surface area contributed by atoms with Crippen LogP contribution in [0.2, 0.25) is 0 Å². The zero-order chi connectivity index (χ0) is 28.8. The predicted octanol–water partition coefficient (Wildman–Crippen LogP) is 5.22. The summed E-state index contributed by atoms with van der Waals surface area (Å²) in [6.45, 7) is 0. The van der Waals surface area contributed by atoms with E-state index in [9.17, 15) is 29.4 Å². The van der Waals surface area contributed by atoms with E-state index >= 15 is 0 Å². The van der Waals surface area contributed by atoms with Gasteiger partial charge in [0.05, 0.1) is 22.3 Å². The van der Waals surface area contributed by atoms with E-state index in [1.54, 1.807) is 48.5 Å². The van der Waals surface area contributed by atoms with Crippen LogP contribution in [0.25, 0.3) is 11.1 Å². The van der Waals surface area contributed by atoms with Gasteiger partial charge in [0.1, 0.15) is 0 Å². The van der Waals surface area contributed by atoms with Crippen molar-refractivity contribution in [2.75, 3.05) is 10.6 Å². The number of carbonyl (C=O) groups is 4. The number of amides is 2. The highest BCUT2D eigenvalue weighted by Crippen LogP contribution is 2.27. The second-order valence-corrected chi connectivity index (χ2v) is 8.48. The number of anilines is 2. The molecule has 0 aliphatic carbocycles. The third-order valence-electron chi connectivity index (χ3n) is 5.94. The number of hydrogen-bond donors (Lipinski definition) is 4. The van der Waals surface area contributed by atoms with Crippen molar-refractivity contribution in [3.63, 3.8) is 0 Å². The number of rotatable bonds is 7. The van der Waals surface area contributed by atoms with Gasteiger partial charge in [-0.05, 0) is 83.9 Å². The molecule has 2 amide bonds. The van der Waals surface area contributed by atoms with Crippen molar-refractivity contribution in [1.82, 2.24) is 0 Å². The van der Waals surface area contributed by atoms with Gasteiger partial charge in [-0.1, -0.05) is 24.0 Å². The molecule has 0 saturated heterocycles. The second kappa shape index (κ2) is 11.5. The van der Waals surface area contributed by atoms with Crippen LogP contribution >= 0.6 is 0 Å². The van der Waals surface area contributed by atoms with Gasteiger partial charge in [0, 0.05) is 22.5 Å². The summed E-state index contributed by atoms with van der Waals surface area (Å²) < 4.78 is 0. The van der Waals surface area contributed by atoms with Crippen LogP contribution in [-0.2, 0) is 0 Å². The number of terminal acetylenes is 2. The Morgan fingerprint density at radius 1 is 0.525 bits per heavy atom. The van der Waals surface area contributed by atoms with Gasteiger partial charge in [-0.25, -0.2) is 9.59 Å². The molecular formula is C32H20N2O6. The molecule has 4 aromatic rings. The topological polar surface area (TPSA) is 133 Å². The van der Waals surface area contributed by atoms with Crippen molar-refractivity contribution in [1.29, 1.82) is 0 Å². The summed E-state index contributed by atoms with van der Waals surface area (Å²) in [6, 6.07) is 21.1. The highest BCUT2D eigenvalue weighted by Gasteiger charge is 2.21. The minimum absolute atomic E-state index is 0.0900. The zero-order valence-corrected chi connectivity index (χ0v) is 20.8. The summed E-state index contributed by atoms with van der Waals surface area (Å²) in [5.74, 6) is 0.951. The lowest BCUT2D eigenvalue weighted by Crippen LogP contribution is -2.17. The Kier molecular flexibility index (Phi) is 7.75. The number of nitrogens with one attached hydrogen (secondary N) is 2. The van der Waals surface area contributed by atoms with E-state index in [-0.39, 0.29) is 22.3 Å². The first kappa shape index (κ1) is 26.9. The summed E-state index contributed by atoms with van der Waals surface area (Å²) in [4.78, 5) is 49.8. The highest BCUT2D eigenvalue weighted by molar-refractivity contribution is 6.12. The molecule has 0 heterocycles. The maximum Gasteiger partial charge on any atom is 0.336 e. The van der Waals surface area contributed by atoms with E-state index in [1.807, 2.05) is 0 Å². The van der Waals surface area contributed by atoms with Crippen molar-refractivity contribution in [2.24, 2.45) is 0 Å². The molecule has 0 spiro atoms. The Morgan fingerprint density at radius 3 is 1.35 bits per heavy atom. The van der Waals surface area contributed by atoms with E-state index in [2.05, 4.69) is 22.5 Å². The Hall–Kier alpha value is -6.12. The molecule has 0 aliphatic rings. The van der Waals surface area contributed by atoms with Gasteiger partial charge >= 0.3 is 11.9 Å². The van der Waals surface area contributed by atoms with E-state index in [1.165, 1.54) is 36.4 Å². The highest BCUT2D eigenvalue weighted by atomic mass is 16.4. The molecule has 4 rings (SSSR count). The molecule has 0 radical (unpaired) electrons. The molecule has 0 bridgehead atoms. The standard InChI is InChI=1S/C32H20N2O6/c1-3-19-5-11-23(12-6-19)33-29(35)25-15-9-22(18-28(25)32(39)40)21-10-16-26(31(37)38)27(17-21)30(36)34-24-13-7-20(4-2)8-14-24/h1-2,5-18H,(H,33,35)(H,34,36)(H,37,38)(H,39,40). The summed E-state index contributed by atoms with van der Waals surface area (Å²) in [6.07, 6.45) is 10.7. The van der Waals surface area contributed by atoms with Crippen LogP contribution in [0.1, 0.15) is 52.6 Å². The molecule has 4 N–H and O–H groups in total. The molecule has 0 fully saturated rings. The van der Waals surface area contributed by atoms with Gasteiger partial charge in [-0.15, -0.1) is 12.8 Å². The average molecular weight is 529 g/mol. The lowest BCUT2D eigenvalue weighted by Gasteiger charge is -2.13. The Labute approximate surface area is 229 Å². The van der Waals surface area contributed by atoms with Crippen molar-refractivity contribution >= 4 is 35.1 Å². The van der Waals surface area contributed by atoms with Crippen LogP contribution in [0.15, 0.2) is 84.9 Å². The summed E-state index contributed by atoms with van der Waals surface area (Å²) in [7, 11) is 0. The Morgan fingerprint density at radius 2 is 0.925 bits per heavy atom. The fourth-order valence-corrected chi connectivity index (χ4v) is 3.89. The normalized spacial score (nSPS) is 10.1. The van der Waals surface area contributed by atoms with Crippen LogP contribution in [-0.4, -0.2) is 34.0 Å². The fraction of sp³-hybridized carbons (Fsp3) is 0. The van der Waals surface area contributed by atoms with Crippen molar-refractivity contribution < 1.29 is 29.4 Å². The zero-order valence-electron chi connectivity index (χ0n) is 20.8. The van der Waals surface area contributed by atoms with E-state index in [4.69, 9.17) is 12.8 Å². The van der Waals surface area contributed by atoms with Gasteiger partial charge in [-0.2, -0.15) is 0 Å². The van der Waals surface area contributed by atoms with Crippen LogP contribution in [0.5, 0.6) is 0 Å². The minimum Gasteiger partial charge on any atom is -0.478 e. The molecule has 194 valence electrons. The predicted molar refractivity (Wildman–Crippen MR) is 150 cm³/mol. The average Bonchev–Trinajstić information content (AvgIpc) is 2.97. The van der Waals surface area contributed by atoms with Crippen molar-refractivity contribution in [2.45, 2.75) is 0 Å². The third kappa shape index (κ3) is 5.88. The summed E-state index contributed by atoms with van der Waals surface area (Å²) in [5.41, 5.74) is 2.05. The number of carboxylic acids is 2. The number of aromatic carboxylic acids is 2. The van der Waals surface area contributed by atoms with Gasteiger partial charge < -0.3 is 20.8 Å². The second-order valence-electron chi connectivity index (χ2n) is 8.48. The van der Waals surface area contributed by atoms with Crippen LogP contribution in [0.3, 0.4) is 0 Å². The molecule has 0 atom stereocenters. The summed E-state index contributed by atoms with van der Waals surface area (Å²) >= 11 is 0. The van der Waals surface area contributed by atoms with E-state index < -0.39 is 23.8 Å². The molecule has 8 nitrogen and oxygen atoms in total.